The van der Waals surface area contributed by atoms with Crippen LogP contribution in [-0.2, 0) is 0 Å². The lowest BCUT2D eigenvalue weighted by atomic mass is 9.94. The first-order chi connectivity index (χ1) is 12.3. The molecule has 3 rings (SSSR count). The zero-order valence-corrected chi connectivity index (χ0v) is 17.3. The number of methoxy groups -OCH3 is 1. The Bertz CT molecular complexity index is 633. The van der Waals surface area contributed by atoms with Gasteiger partial charge in [-0.15, -0.1) is 0 Å². The van der Waals surface area contributed by atoms with E-state index < -0.39 is 0 Å². The number of carbonyl (C=O) groups is 1. The van der Waals surface area contributed by atoms with Gasteiger partial charge in [-0.05, 0) is 24.3 Å². The molecular formula is C21H34N2O3. The second-order valence-electron chi connectivity index (χ2n) is 7.44. The van der Waals surface area contributed by atoms with Gasteiger partial charge in [0.2, 0.25) is 0 Å². The van der Waals surface area contributed by atoms with Gasteiger partial charge in [-0.25, -0.2) is 0 Å². The summed E-state index contributed by atoms with van der Waals surface area (Å²) in [5.74, 6) is 0.265. The van der Waals surface area contributed by atoms with Crippen LogP contribution in [0.25, 0.3) is 0 Å². The number of amides is 1. The zero-order valence-electron chi connectivity index (χ0n) is 17.3. The fraction of sp³-hybridized carbons (Fsp3) is 0.619. The molecule has 0 aromatic heterocycles. The van der Waals surface area contributed by atoms with Crippen LogP contribution in [-0.4, -0.2) is 41.8 Å². The zero-order chi connectivity index (χ0) is 19.9. The number of phenolic OH excluding ortho intramolecular Hbond substituents is 1. The first-order valence-corrected chi connectivity index (χ1v) is 9.53. The smallest absolute Gasteiger partial charge is 0.256 e. The van der Waals surface area contributed by atoms with Gasteiger partial charge in [0, 0.05) is 18.8 Å². The van der Waals surface area contributed by atoms with Crippen LogP contribution in [0.1, 0.15) is 71.2 Å². The standard InChI is InChI=1S/C13H14N2O3.C6H14.C2H6/c1-18-12-5-9-10(6-11(12)16)14-7-8-3-2-4-15(8)13(9)17;1-5-6(2,3)4;1-2/h5-8,16H,2-4H2,1H3;5H2,1-4H3;1-2H3. The Morgan fingerprint density at radius 1 is 1.31 bits per heavy atom. The number of rotatable bonds is 1. The number of hydrogen-bond acceptors (Lipinski definition) is 4. The van der Waals surface area contributed by atoms with Crippen LogP contribution in [0.15, 0.2) is 17.1 Å². The summed E-state index contributed by atoms with van der Waals surface area (Å²) in [6, 6.07) is 3.12. The van der Waals surface area contributed by atoms with Crippen molar-refractivity contribution < 1.29 is 14.6 Å². The van der Waals surface area contributed by atoms with Gasteiger partial charge in [0.1, 0.15) is 0 Å². The molecule has 0 saturated carbocycles. The molecule has 2 aliphatic rings. The number of nitrogens with zero attached hydrogens (tertiary/aromatic N) is 2. The van der Waals surface area contributed by atoms with Crippen molar-refractivity contribution in [1.82, 2.24) is 4.90 Å². The molecule has 1 unspecified atom stereocenters. The molecule has 26 heavy (non-hydrogen) atoms. The summed E-state index contributed by atoms with van der Waals surface area (Å²) in [5, 5.41) is 9.72. The van der Waals surface area contributed by atoms with Crippen LogP contribution in [0.2, 0.25) is 0 Å². The van der Waals surface area contributed by atoms with Gasteiger partial charge >= 0.3 is 0 Å². The highest BCUT2D eigenvalue weighted by Crippen LogP contribution is 2.37. The van der Waals surface area contributed by atoms with Crippen molar-refractivity contribution in [2.45, 2.75) is 66.8 Å². The minimum atomic E-state index is -0.0386. The van der Waals surface area contributed by atoms with Gasteiger partial charge in [-0.2, -0.15) is 0 Å². The highest BCUT2D eigenvalue weighted by Gasteiger charge is 2.32. The molecule has 0 bridgehead atoms. The Labute approximate surface area is 158 Å². The molecule has 1 aromatic carbocycles. The van der Waals surface area contributed by atoms with E-state index in [1.807, 2.05) is 18.7 Å². The summed E-state index contributed by atoms with van der Waals surface area (Å²) in [5.41, 5.74) is 1.54. The minimum Gasteiger partial charge on any atom is -0.504 e. The molecule has 5 heteroatoms. The van der Waals surface area contributed by atoms with Crippen LogP contribution < -0.4 is 4.74 Å². The van der Waals surface area contributed by atoms with E-state index in [0.717, 1.165) is 19.4 Å². The van der Waals surface area contributed by atoms with Gasteiger partial charge in [0.05, 0.1) is 24.4 Å². The molecule has 0 aliphatic carbocycles. The summed E-state index contributed by atoms with van der Waals surface area (Å²) in [6.45, 7) is 13.7. The molecule has 1 amide bonds. The molecule has 0 spiro atoms. The van der Waals surface area contributed by atoms with Crippen LogP contribution >= 0.6 is 0 Å². The van der Waals surface area contributed by atoms with Crippen molar-refractivity contribution in [2.24, 2.45) is 10.4 Å². The number of phenols is 1. The molecule has 2 heterocycles. The summed E-state index contributed by atoms with van der Waals surface area (Å²) in [4.78, 5) is 18.5. The maximum atomic E-state index is 12.4. The molecule has 1 fully saturated rings. The number of hydrogen-bond donors (Lipinski definition) is 1. The maximum absolute atomic E-state index is 12.4. The van der Waals surface area contributed by atoms with Crippen molar-refractivity contribution in [3.63, 3.8) is 0 Å². The number of aromatic hydroxyl groups is 1. The topological polar surface area (TPSA) is 62.1 Å². The molecular weight excluding hydrogens is 328 g/mol. The third-order valence-electron chi connectivity index (χ3n) is 4.53. The fourth-order valence-corrected chi connectivity index (χ4v) is 2.52. The SMILES string of the molecule is CC.CCC(C)(C)C.COc1cc2c(cc1O)N=CC1CCCN1C2=O. The Hall–Kier alpha value is -2.04. The van der Waals surface area contributed by atoms with Gasteiger partial charge in [0.25, 0.3) is 5.91 Å². The van der Waals surface area contributed by atoms with E-state index in [0.29, 0.717) is 22.4 Å². The van der Waals surface area contributed by atoms with Gasteiger partial charge in [0.15, 0.2) is 11.5 Å². The molecule has 2 aliphatic heterocycles. The van der Waals surface area contributed by atoms with Gasteiger partial charge in [-0.3, -0.25) is 9.79 Å². The third kappa shape index (κ3) is 5.48. The van der Waals surface area contributed by atoms with Crippen molar-refractivity contribution in [3.05, 3.63) is 17.7 Å². The van der Waals surface area contributed by atoms with E-state index in [-0.39, 0.29) is 17.7 Å². The third-order valence-corrected chi connectivity index (χ3v) is 4.53. The first-order valence-electron chi connectivity index (χ1n) is 9.53. The first kappa shape index (κ1) is 22.0. The van der Waals surface area contributed by atoms with E-state index in [9.17, 15) is 9.90 Å². The Balaban J connectivity index is 0.000000363. The van der Waals surface area contributed by atoms with E-state index in [4.69, 9.17) is 4.74 Å². The normalized spacial score (nSPS) is 17.9. The van der Waals surface area contributed by atoms with E-state index >= 15 is 0 Å². The molecule has 1 saturated heterocycles. The lowest BCUT2D eigenvalue weighted by Gasteiger charge is -2.20. The minimum absolute atomic E-state index is 0.00302. The van der Waals surface area contributed by atoms with Gasteiger partial charge < -0.3 is 14.7 Å². The summed E-state index contributed by atoms with van der Waals surface area (Å²) in [6.07, 6.45) is 5.02. The number of benzene rings is 1. The predicted octanol–water partition coefficient (Wildman–Crippen LogP) is 5.19. The molecule has 5 nitrogen and oxygen atoms in total. The molecule has 1 N–H and O–H groups in total. The Morgan fingerprint density at radius 3 is 2.46 bits per heavy atom. The number of aliphatic imine (C=N–C) groups is 1. The number of ether oxygens (including phenoxy) is 1. The van der Waals surface area contributed by atoms with Crippen molar-refractivity contribution in [3.8, 4) is 11.5 Å². The average Bonchev–Trinajstić information content (AvgIpc) is 3.05. The number of fused-ring (bicyclic) bond motifs is 2. The van der Waals surface area contributed by atoms with Crippen LogP contribution in [0, 0.1) is 5.41 Å². The second kappa shape index (κ2) is 9.60. The summed E-state index contributed by atoms with van der Waals surface area (Å²) in [7, 11) is 1.46. The Kier molecular flexibility index (Phi) is 8.12. The van der Waals surface area contributed by atoms with Crippen LogP contribution in [0.3, 0.4) is 0 Å². The highest BCUT2D eigenvalue weighted by atomic mass is 16.5. The largest absolute Gasteiger partial charge is 0.504 e. The molecule has 1 aromatic rings. The summed E-state index contributed by atoms with van der Waals surface area (Å²) < 4.78 is 5.04. The monoisotopic (exact) mass is 362 g/mol. The predicted molar refractivity (Wildman–Crippen MR) is 108 cm³/mol. The Morgan fingerprint density at radius 2 is 1.92 bits per heavy atom. The van der Waals surface area contributed by atoms with E-state index in [1.54, 1.807) is 12.3 Å². The second-order valence-corrected chi connectivity index (χ2v) is 7.44. The van der Waals surface area contributed by atoms with Crippen LogP contribution in [0.4, 0.5) is 5.69 Å². The highest BCUT2D eigenvalue weighted by molar-refractivity contribution is 6.03. The van der Waals surface area contributed by atoms with Crippen molar-refractivity contribution in [2.75, 3.05) is 13.7 Å². The van der Waals surface area contributed by atoms with E-state index in [2.05, 4.69) is 32.7 Å². The average molecular weight is 363 g/mol. The fourth-order valence-electron chi connectivity index (χ4n) is 2.52. The van der Waals surface area contributed by atoms with Gasteiger partial charge in [-0.1, -0.05) is 48.0 Å². The maximum Gasteiger partial charge on any atom is 0.256 e. The quantitative estimate of drug-likeness (QED) is 0.748. The van der Waals surface area contributed by atoms with Crippen molar-refractivity contribution >= 4 is 17.8 Å². The number of carbonyl (C=O) groups excluding carboxylic acids is 1. The van der Waals surface area contributed by atoms with Crippen LogP contribution in [0.5, 0.6) is 11.5 Å². The molecule has 146 valence electrons. The lowest BCUT2D eigenvalue weighted by Crippen LogP contribution is -2.35. The lowest BCUT2D eigenvalue weighted by molar-refractivity contribution is 0.0774. The van der Waals surface area contributed by atoms with Crippen molar-refractivity contribution in [1.29, 1.82) is 0 Å². The van der Waals surface area contributed by atoms with E-state index in [1.165, 1.54) is 19.6 Å². The molecule has 0 radical (unpaired) electrons. The summed E-state index contributed by atoms with van der Waals surface area (Å²) >= 11 is 0. The molecule has 1 atom stereocenters.